The maximum absolute atomic E-state index is 5.58. The van der Waals surface area contributed by atoms with Gasteiger partial charge in [-0.1, -0.05) is 0 Å². The smallest absolute Gasteiger partial charge is 0.117 e. The Hall–Kier alpha value is -1.59. The number of ether oxygens (including phenoxy) is 1. The summed E-state index contributed by atoms with van der Waals surface area (Å²) in [6, 6.07) is 4.28. The molecule has 1 atom stereocenters. The van der Waals surface area contributed by atoms with Gasteiger partial charge in [-0.2, -0.15) is 0 Å². The highest BCUT2D eigenvalue weighted by Crippen LogP contribution is 2.22. The maximum atomic E-state index is 5.58. The zero-order valence-electron chi connectivity index (χ0n) is 11.2. The zero-order valence-corrected chi connectivity index (χ0v) is 11.2. The van der Waals surface area contributed by atoms with E-state index in [1.807, 2.05) is 31.6 Å². The van der Waals surface area contributed by atoms with E-state index < -0.39 is 0 Å². The Morgan fingerprint density at radius 1 is 1.53 bits per heavy atom. The van der Waals surface area contributed by atoms with E-state index in [1.165, 1.54) is 5.69 Å². The molecular weight excluding hydrogens is 242 g/mol. The van der Waals surface area contributed by atoms with Crippen molar-refractivity contribution in [1.82, 2.24) is 14.5 Å². The standard InChI is InChI=1S/C14H19N3O2/c1-2-18-10-13-8-16(9-14-4-3-5-19-14)7-12-6-15-11-17(12)13/h3-6,11,13H,2,7-10H2,1H3/t13-/m1/s1. The number of nitrogens with zero attached hydrogens (tertiary/aromatic N) is 3. The van der Waals surface area contributed by atoms with Gasteiger partial charge in [0.2, 0.25) is 0 Å². The van der Waals surface area contributed by atoms with Crippen LogP contribution in [0.25, 0.3) is 0 Å². The fourth-order valence-electron chi connectivity index (χ4n) is 2.59. The Bertz CT molecular complexity index is 507. The average molecular weight is 261 g/mol. The normalized spacial score (nSPS) is 19.5. The van der Waals surface area contributed by atoms with E-state index in [9.17, 15) is 0 Å². The van der Waals surface area contributed by atoms with E-state index in [4.69, 9.17) is 9.15 Å². The van der Waals surface area contributed by atoms with Crippen molar-refractivity contribution >= 4 is 0 Å². The SMILES string of the molecule is CCOC[C@H]1CN(Cc2ccco2)Cc2cncn21. The molecule has 102 valence electrons. The van der Waals surface area contributed by atoms with Gasteiger partial charge in [0.25, 0.3) is 0 Å². The van der Waals surface area contributed by atoms with E-state index >= 15 is 0 Å². The molecule has 0 bridgehead atoms. The highest BCUT2D eigenvalue weighted by molar-refractivity contribution is 5.06. The molecule has 1 aliphatic heterocycles. The van der Waals surface area contributed by atoms with Crippen LogP contribution in [-0.2, 0) is 17.8 Å². The number of hydrogen-bond acceptors (Lipinski definition) is 4. The third-order valence-corrected chi connectivity index (χ3v) is 3.47. The maximum Gasteiger partial charge on any atom is 0.117 e. The number of rotatable bonds is 5. The fraction of sp³-hybridized carbons (Fsp3) is 0.500. The lowest BCUT2D eigenvalue weighted by molar-refractivity contribution is 0.0722. The molecule has 0 saturated heterocycles. The molecule has 0 radical (unpaired) electrons. The molecule has 3 heterocycles. The molecule has 0 fully saturated rings. The van der Waals surface area contributed by atoms with Crippen LogP contribution >= 0.6 is 0 Å². The quantitative estimate of drug-likeness (QED) is 0.826. The second-order valence-electron chi connectivity index (χ2n) is 4.85. The van der Waals surface area contributed by atoms with Crippen molar-refractivity contribution in [1.29, 1.82) is 0 Å². The molecule has 0 spiro atoms. The van der Waals surface area contributed by atoms with Crippen molar-refractivity contribution in [2.24, 2.45) is 0 Å². The van der Waals surface area contributed by atoms with Gasteiger partial charge in [-0.25, -0.2) is 4.98 Å². The monoisotopic (exact) mass is 261 g/mol. The van der Waals surface area contributed by atoms with Crippen LogP contribution in [0.15, 0.2) is 35.3 Å². The summed E-state index contributed by atoms with van der Waals surface area (Å²) in [5, 5.41) is 0. The first kappa shape index (κ1) is 12.4. The first-order chi connectivity index (χ1) is 9.36. The summed E-state index contributed by atoms with van der Waals surface area (Å²) < 4.78 is 13.2. The Labute approximate surface area is 112 Å². The van der Waals surface area contributed by atoms with Crippen molar-refractivity contribution in [3.8, 4) is 0 Å². The van der Waals surface area contributed by atoms with Gasteiger partial charge in [0.05, 0.1) is 37.5 Å². The lowest BCUT2D eigenvalue weighted by Gasteiger charge is -2.33. The summed E-state index contributed by atoms with van der Waals surface area (Å²) in [5.41, 5.74) is 1.24. The Kier molecular flexibility index (Phi) is 3.66. The molecule has 0 aromatic carbocycles. The number of fused-ring (bicyclic) bond motifs is 1. The van der Waals surface area contributed by atoms with Crippen LogP contribution in [0.3, 0.4) is 0 Å². The molecule has 3 rings (SSSR count). The second kappa shape index (κ2) is 5.59. The lowest BCUT2D eigenvalue weighted by atomic mass is 10.2. The lowest BCUT2D eigenvalue weighted by Crippen LogP contribution is -2.38. The third-order valence-electron chi connectivity index (χ3n) is 3.47. The highest BCUT2D eigenvalue weighted by atomic mass is 16.5. The van der Waals surface area contributed by atoms with Crippen LogP contribution in [0.2, 0.25) is 0 Å². The van der Waals surface area contributed by atoms with Crippen LogP contribution in [-0.4, -0.2) is 34.2 Å². The van der Waals surface area contributed by atoms with E-state index in [-0.39, 0.29) is 0 Å². The zero-order chi connectivity index (χ0) is 13.1. The fourth-order valence-corrected chi connectivity index (χ4v) is 2.59. The van der Waals surface area contributed by atoms with Gasteiger partial charge in [-0.05, 0) is 19.1 Å². The molecule has 5 heteroatoms. The van der Waals surface area contributed by atoms with Crippen molar-refractivity contribution < 1.29 is 9.15 Å². The summed E-state index contributed by atoms with van der Waals surface area (Å²) in [6.07, 6.45) is 5.57. The van der Waals surface area contributed by atoms with Crippen LogP contribution < -0.4 is 0 Å². The van der Waals surface area contributed by atoms with Gasteiger partial charge in [-0.3, -0.25) is 4.90 Å². The van der Waals surface area contributed by atoms with E-state index in [0.29, 0.717) is 6.04 Å². The molecule has 19 heavy (non-hydrogen) atoms. The summed E-state index contributed by atoms with van der Waals surface area (Å²) in [5.74, 6) is 1.00. The minimum Gasteiger partial charge on any atom is -0.468 e. The first-order valence-electron chi connectivity index (χ1n) is 6.70. The minimum atomic E-state index is 0.334. The van der Waals surface area contributed by atoms with E-state index in [1.54, 1.807) is 6.26 Å². The highest BCUT2D eigenvalue weighted by Gasteiger charge is 2.25. The molecule has 2 aromatic heterocycles. The number of imidazole rings is 1. The number of furan rings is 1. The largest absolute Gasteiger partial charge is 0.468 e. The second-order valence-corrected chi connectivity index (χ2v) is 4.85. The van der Waals surface area contributed by atoms with Gasteiger partial charge in [0.15, 0.2) is 0 Å². The van der Waals surface area contributed by atoms with Crippen LogP contribution in [0, 0.1) is 0 Å². The van der Waals surface area contributed by atoms with Gasteiger partial charge in [0, 0.05) is 25.9 Å². The molecule has 2 aromatic rings. The molecule has 5 nitrogen and oxygen atoms in total. The Morgan fingerprint density at radius 3 is 3.26 bits per heavy atom. The van der Waals surface area contributed by atoms with Crippen LogP contribution in [0.1, 0.15) is 24.4 Å². The van der Waals surface area contributed by atoms with Gasteiger partial charge < -0.3 is 13.7 Å². The average Bonchev–Trinajstić information content (AvgIpc) is 3.06. The van der Waals surface area contributed by atoms with Crippen LogP contribution in [0.5, 0.6) is 0 Å². The molecule has 0 amide bonds. The van der Waals surface area contributed by atoms with E-state index in [0.717, 1.165) is 38.6 Å². The molecule has 0 N–H and O–H groups in total. The van der Waals surface area contributed by atoms with Gasteiger partial charge in [0.1, 0.15) is 5.76 Å². The molecular formula is C14H19N3O2. The van der Waals surface area contributed by atoms with Crippen molar-refractivity contribution in [3.05, 3.63) is 42.4 Å². The van der Waals surface area contributed by atoms with Crippen LogP contribution in [0.4, 0.5) is 0 Å². The number of aromatic nitrogens is 2. The van der Waals surface area contributed by atoms with Crippen molar-refractivity contribution in [3.63, 3.8) is 0 Å². The predicted octanol–water partition coefficient (Wildman–Crippen LogP) is 2.07. The molecule has 0 aliphatic carbocycles. The first-order valence-corrected chi connectivity index (χ1v) is 6.70. The van der Waals surface area contributed by atoms with Gasteiger partial charge >= 0.3 is 0 Å². The Balaban J connectivity index is 1.72. The van der Waals surface area contributed by atoms with Gasteiger partial charge in [-0.15, -0.1) is 0 Å². The summed E-state index contributed by atoms with van der Waals surface area (Å²) in [4.78, 5) is 6.63. The van der Waals surface area contributed by atoms with Crippen molar-refractivity contribution in [2.75, 3.05) is 19.8 Å². The number of hydrogen-bond donors (Lipinski definition) is 0. The Morgan fingerprint density at radius 2 is 2.47 bits per heavy atom. The summed E-state index contributed by atoms with van der Waals surface area (Å²) in [7, 11) is 0. The third kappa shape index (κ3) is 2.72. The van der Waals surface area contributed by atoms with Crippen molar-refractivity contribution in [2.45, 2.75) is 26.1 Å². The molecule has 0 saturated carbocycles. The molecule has 0 unspecified atom stereocenters. The summed E-state index contributed by atoms with van der Waals surface area (Å²) >= 11 is 0. The minimum absolute atomic E-state index is 0.334. The summed E-state index contributed by atoms with van der Waals surface area (Å²) in [6.45, 7) is 6.21. The topological polar surface area (TPSA) is 43.4 Å². The van der Waals surface area contributed by atoms with E-state index in [2.05, 4.69) is 14.5 Å². The molecule has 1 aliphatic rings. The predicted molar refractivity (Wildman–Crippen MR) is 70.6 cm³/mol.